The summed E-state index contributed by atoms with van der Waals surface area (Å²) in [7, 11) is 0. The molecule has 0 spiro atoms. The van der Waals surface area contributed by atoms with Crippen LogP contribution in [0.5, 0.6) is 0 Å². The molecule has 9 heteroatoms. The van der Waals surface area contributed by atoms with Gasteiger partial charge in [-0.3, -0.25) is 4.79 Å². The largest absolute Gasteiger partial charge is 0.481 e. The number of esters is 1. The van der Waals surface area contributed by atoms with Crippen LogP contribution in [0.25, 0.3) is 0 Å². The van der Waals surface area contributed by atoms with Gasteiger partial charge in [-0.2, -0.15) is 0 Å². The Bertz CT molecular complexity index is 692. The molecule has 2 rings (SSSR count). The highest BCUT2D eigenvalue weighted by atomic mass is 16.6. The summed E-state index contributed by atoms with van der Waals surface area (Å²) in [5.74, 6) is -1.53. The maximum atomic E-state index is 12.1. The molecule has 0 amide bonds. The number of carbonyl (C=O) groups is 2. The number of hydrogen-bond donors (Lipinski definition) is 4. The summed E-state index contributed by atoms with van der Waals surface area (Å²) in [6.07, 6.45) is 4.09. The highest BCUT2D eigenvalue weighted by Crippen LogP contribution is 2.38. The number of unbranched alkanes of at least 4 members (excludes halogenated alkanes) is 5. The second kappa shape index (κ2) is 14.9. The van der Waals surface area contributed by atoms with Gasteiger partial charge in [0.1, 0.15) is 6.10 Å². The van der Waals surface area contributed by atoms with E-state index in [2.05, 4.69) is 0 Å². The zero-order valence-corrected chi connectivity index (χ0v) is 21.3. The molecule has 0 radical (unpaired) electrons. The van der Waals surface area contributed by atoms with Crippen LogP contribution in [0.3, 0.4) is 0 Å². The van der Waals surface area contributed by atoms with Crippen molar-refractivity contribution in [2.24, 2.45) is 11.8 Å². The summed E-state index contributed by atoms with van der Waals surface area (Å²) in [4.78, 5) is 22.6. The van der Waals surface area contributed by atoms with Crippen molar-refractivity contribution in [2.45, 2.75) is 115 Å². The minimum Gasteiger partial charge on any atom is -0.481 e. The van der Waals surface area contributed by atoms with Crippen LogP contribution < -0.4 is 0 Å². The Morgan fingerprint density at radius 1 is 1.09 bits per heavy atom. The van der Waals surface area contributed by atoms with E-state index in [0.29, 0.717) is 32.5 Å². The molecule has 0 saturated carbocycles. The topological polar surface area (TPSA) is 143 Å². The summed E-state index contributed by atoms with van der Waals surface area (Å²) < 4.78 is 17.1. The highest BCUT2D eigenvalue weighted by molar-refractivity contribution is 5.82. The molecule has 0 aromatic carbocycles. The van der Waals surface area contributed by atoms with Crippen molar-refractivity contribution in [3.8, 4) is 0 Å². The number of hydrogen-bond acceptors (Lipinski definition) is 8. The lowest BCUT2D eigenvalue weighted by Crippen LogP contribution is -2.48. The Morgan fingerprint density at radius 3 is 2.40 bits per heavy atom. The molecule has 35 heavy (non-hydrogen) atoms. The molecule has 2 heterocycles. The van der Waals surface area contributed by atoms with Crippen LogP contribution in [0, 0.1) is 11.8 Å². The number of carboxylic acid groups (broad SMARTS) is 1. The zero-order valence-electron chi connectivity index (χ0n) is 21.3. The number of fused-ring (bicyclic) bond motifs is 1. The molecular weight excluding hydrogens is 456 g/mol. The van der Waals surface area contributed by atoms with Crippen LogP contribution in [-0.4, -0.2) is 82.2 Å². The van der Waals surface area contributed by atoms with E-state index >= 15 is 0 Å². The average molecular weight is 501 g/mol. The third kappa shape index (κ3) is 9.80. The molecule has 8 atom stereocenters. The maximum Gasteiger partial charge on any atom is 0.330 e. The van der Waals surface area contributed by atoms with Crippen molar-refractivity contribution in [2.75, 3.05) is 13.2 Å². The van der Waals surface area contributed by atoms with Crippen LogP contribution >= 0.6 is 0 Å². The first-order valence-corrected chi connectivity index (χ1v) is 13.0. The molecule has 4 N–H and O–H groups in total. The standard InChI is InChI=1S/C26H44O9/c1-16(13-23(30)33-11-9-7-5-4-6-8-10-22(28)29)12-20-25(32)26-19(15-34-20)14-21(35-26)24(31)17(2)18(3)27/h13,17-21,24-27,31-32H,4-12,14-15H2,1-3H3,(H,28,29)/b16-13+/t17-,18-,19-,20-,21-,24?,25-,26+/m0/s1. The van der Waals surface area contributed by atoms with Gasteiger partial charge in [-0.05, 0) is 39.5 Å². The van der Waals surface area contributed by atoms with Gasteiger partial charge in [0, 0.05) is 24.3 Å². The van der Waals surface area contributed by atoms with Gasteiger partial charge in [-0.15, -0.1) is 0 Å². The van der Waals surface area contributed by atoms with Gasteiger partial charge in [-0.1, -0.05) is 38.2 Å². The molecule has 0 aromatic heterocycles. The fraction of sp³-hybridized carbons (Fsp3) is 0.846. The molecular formula is C26H44O9. The van der Waals surface area contributed by atoms with E-state index in [0.717, 1.165) is 37.7 Å². The zero-order chi connectivity index (χ0) is 26.0. The van der Waals surface area contributed by atoms with Crippen molar-refractivity contribution in [3.63, 3.8) is 0 Å². The first-order valence-electron chi connectivity index (χ1n) is 13.0. The van der Waals surface area contributed by atoms with Gasteiger partial charge in [0.15, 0.2) is 0 Å². The van der Waals surface area contributed by atoms with Crippen molar-refractivity contribution >= 4 is 11.9 Å². The lowest BCUT2D eigenvalue weighted by molar-refractivity contribution is -0.170. The number of aliphatic carboxylic acids is 1. The minimum atomic E-state index is -0.873. The van der Waals surface area contributed by atoms with E-state index in [1.165, 1.54) is 6.08 Å². The van der Waals surface area contributed by atoms with Gasteiger partial charge >= 0.3 is 11.9 Å². The summed E-state index contributed by atoms with van der Waals surface area (Å²) in [5.41, 5.74) is 0.744. The number of aliphatic hydroxyl groups is 3. The molecule has 2 saturated heterocycles. The monoisotopic (exact) mass is 500 g/mol. The Kier molecular flexibility index (Phi) is 12.6. The second-order valence-electron chi connectivity index (χ2n) is 10.2. The number of carbonyl (C=O) groups excluding carboxylic acids is 1. The number of carboxylic acids is 1. The van der Waals surface area contributed by atoms with Crippen molar-refractivity contribution in [3.05, 3.63) is 11.6 Å². The van der Waals surface area contributed by atoms with Gasteiger partial charge < -0.3 is 34.6 Å². The van der Waals surface area contributed by atoms with Gasteiger partial charge in [0.05, 0.1) is 43.7 Å². The molecule has 0 bridgehead atoms. The first-order chi connectivity index (χ1) is 16.6. The summed E-state index contributed by atoms with van der Waals surface area (Å²) >= 11 is 0. The lowest BCUT2D eigenvalue weighted by atomic mass is 9.87. The van der Waals surface area contributed by atoms with Crippen LogP contribution in [0.4, 0.5) is 0 Å². The van der Waals surface area contributed by atoms with E-state index < -0.39 is 48.6 Å². The number of rotatable bonds is 15. The summed E-state index contributed by atoms with van der Waals surface area (Å²) in [6.45, 7) is 5.96. The van der Waals surface area contributed by atoms with E-state index in [1.807, 2.05) is 0 Å². The van der Waals surface area contributed by atoms with Crippen molar-refractivity contribution < 1.29 is 44.2 Å². The minimum absolute atomic E-state index is 0.0199. The van der Waals surface area contributed by atoms with Gasteiger partial charge in [0.2, 0.25) is 0 Å². The first kappa shape index (κ1) is 29.7. The van der Waals surface area contributed by atoms with E-state index in [-0.39, 0.29) is 18.3 Å². The second-order valence-corrected chi connectivity index (χ2v) is 10.2. The van der Waals surface area contributed by atoms with E-state index in [4.69, 9.17) is 19.3 Å². The fourth-order valence-corrected chi connectivity index (χ4v) is 4.78. The lowest BCUT2D eigenvalue weighted by Gasteiger charge is -2.36. The highest BCUT2D eigenvalue weighted by Gasteiger charge is 2.48. The number of ether oxygens (including phenoxy) is 3. The molecule has 9 nitrogen and oxygen atoms in total. The molecule has 2 aliphatic rings. The Hall–Kier alpha value is -1.52. The van der Waals surface area contributed by atoms with Crippen LogP contribution in [0.1, 0.15) is 78.6 Å². The molecule has 202 valence electrons. The normalized spacial score (nSPS) is 29.3. The van der Waals surface area contributed by atoms with Gasteiger partial charge in [-0.25, -0.2) is 4.79 Å². The molecule has 2 aliphatic heterocycles. The fourth-order valence-electron chi connectivity index (χ4n) is 4.78. The smallest absolute Gasteiger partial charge is 0.330 e. The van der Waals surface area contributed by atoms with E-state index in [9.17, 15) is 24.9 Å². The SMILES string of the molecule is C/C(=C\C(=O)OCCCCCCCCC(=O)O)C[C@@H]1OC[C@@H]2C[C@@H](C(O)[C@@H](C)[C@H](C)O)O[C@H]2[C@H]1O. The molecule has 0 aliphatic carbocycles. The Labute approximate surface area is 208 Å². The van der Waals surface area contributed by atoms with Crippen LogP contribution in [0.15, 0.2) is 11.6 Å². The third-order valence-corrected chi connectivity index (χ3v) is 7.17. The molecule has 2 fully saturated rings. The van der Waals surface area contributed by atoms with E-state index in [1.54, 1.807) is 20.8 Å². The van der Waals surface area contributed by atoms with Crippen molar-refractivity contribution in [1.29, 1.82) is 0 Å². The summed E-state index contributed by atoms with van der Waals surface area (Å²) in [5, 5.41) is 39.7. The van der Waals surface area contributed by atoms with Crippen molar-refractivity contribution in [1.82, 2.24) is 0 Å². The molecule has 0 aromatic rings. The van der Waals surface area contributed by atoms with Gasteiger partial charge in [0.25, 0.3) is 0 Å². The van der Waals surface area contributed by atoms with Crippen LogP contribution in [-0.2, 0) is 23.8 Å². The quantitative estimate of drug-likeness (QED) is 0.152. The Balaban J connectivity index is 1.68. The predicted octanol–water partition coefficient (Wildman–Crippen LogP) is 2.59. The summed E-state index contributed by atoms with van der Waals surface area (Å²) in [6, 6.07) is 0. The van der Waals surface area contributed by atoms with Crippen LogP contribution in [0.2, 0.25) is 0 Å². The number of aliphatic hydroxyl groups excluding tert-OH is 3. The predicted molar refractivity (Wildman–Crippen MR) is 129 cm³/mol. The third-order valence-electron chi connectivity index (χ3n) is 7.17. The Morgan fingerprint density at radius 2 is 1.74 bits per heavy atom. The maximum absolute atomic E-state index is 12.1. The molecule has 1 unspecified atom stereocenters. The average Bonchev–Trinajstić information content (AvgIpc) is 3.23.